The molecule has 0 spiro atoms. The lowest BCUT2D eigenvalue weighted by atomic mass is 9.89. The zero-order valence-electron chi connectivity index (χ0n) is 18.3. The summed E-state index contributed by atoms with van der Waals surface area (Å²) in [6.45, 7) is 3.64. The van der Waals surface area contributed by atoms with Crippen LogP contribution in [-0.4, -0.2) is 19.1 Å². The van der Waals surface area contributed by atoms with Gasteiger partial charge in [0.1, 0.15) is 0 Å². The number of aromatic nitrogens is 3. The van der Waals surface area contributed by atoms with Crippen LogP contribution in [0.15, 0.2) is 91.0 Å². The second-order valence-electron chi connectivity index (χ2n) is 8.86. The van der Waals surface area contributed by atoms with Crippen LogP contribution in [0.3, 0.4) is 0 Å². The molecule has 0 aliphatic rings. The molecule has 0 aliphatic carbocycles. The minimum atomic E-state index is -0.949. The number of hydrogen-bond acceptors (Lipinski definition) is 2. The molecule has 0 saturated heterocycles. The van der Waals surface area contributed by atoms with E-state index in [0.29, 0.717) is 5.02 Å². The molecule has 6 aromatic rings. The molecular formula is C28H22ClN3O. The Balaban J connectivity index is 1.72. The van der Waals surface area contributed by atoms with Gasteiger partial charge in [-0.15, -0.1) is 0 Å². The molecule has 6 rings (SSSR count). The standard InChI is InChI=1S/C28H22ClN3O/c1-28(2,33)22-11-4-3-10-21(22)18-14-15-25-26(16-18)32-24-13-6-5-12-23(24)30-27(32)31(25)20-9-7-8-19(29)17-20/h3-17,33H,1-2H3. The Hall–Kier alpha value is -3.60. The Labute approximate surface area is 196 Å². The van der Waals surface area contributed by atoms with Gasteiger partial charge in [0.05, 0.1) is 33.4 Å². The van der Waals surface area contributed by atoms with E-state index in [-0.39, 0.29) is 0 Å². The van der Waals surface area contributed by atoms with Crippen molar-refractivity contribution in [2.75, 3.05) is 0 Å². The monoisotopic (exact) mass is 451 g/mol. The fraction of sp³-hybridized carbons (Fsp3) is 0.107. The number of rotatable bonds is 3. The van der Waals surface area contributed by atoms with Crippen LogP contribution in [0, 0.1) is 0 Å². The lowest BCUT2D eigenvalue weighted by Crippen LogP contribution is -2.16. The second-order valence-corrected chi connectivity index (χ2v) is 9.30. The summed E-state index contributed by atoms with van der Waals surface area (Å²) in [5, 5.41) is 11.5. The molecule has 0 unspecified atom stereocenters. The van der Waals surface area contributed by atoms with Crippen LogP contribution in [0.4, 0.5) is 0 Å². The van der Waals surface area contributed by atoms with Gasteiger partial charge < -0.3 is 5.11 Å². The Morgan fingerprint density at radius 1 is 0.788 bits per heavy atom. The van der Waals surface area contributed by atoms with Crippen molar-refractivity contribution >= 4 is 39.4 Å². The molecule has 4 nitrogen and oxygen atoms in total. The number of aliphatic hydroxyl groups is 1. The molecule has 5 heteroatoms. The molecule has 0 atom stereocenters. The highest BCUT2D eigenvalue weighted by Gasteiger charge is 2.22. The van der Waals surface area contributed by atoms with E-state index in [2.05, 4.69) is 39.3 Å². The quantitative estimate of drug-likeness (QED) is 0.315. The first-order chi connectivity index (χ1) is 15.9. The summed E-state index contributed by atoms with van der Waals surface area (Å²) in [5.41, 5.74) is 7.03. The lowest BCUT2D eigenvalue weighted by molar-refractivity contribution is 0.0792. The predicted octanol–water partition coefficient (Wildman–Crippen LogP) is 6.98. The Bertz CT molecular complexity index is 1670. The van der Waals surface area contributed by atoms with Gasteiger partial charge in [-0.1, -0.05) is 60.1 Å². The normalized spacial score (nSPS) is 12.2. The van der Waals surface area contributed by atoms with Crippen LogP contribution in [0.5, 0.6) is 0 Å². The molecule has 162 valence electrons. The van der Waals surface area contributed by atoms with Gasteiger partial charge in [0.25, 0.3) is 0 Å². The minimum Gasteiger partial charge on any atom is -0.386 e. The van der Waals surface area contributed by atoms with E-state index in [1.165, 1.54) is 0 Å². The third-order valence-corrected chi connectivity index (χ3v) is 6.40. The minimum absolute atomic E-state index is 0.680. The summed E-state index contributed by atoms with van der Waals surface area (Å²) < 4.78 is 4.34. The highest BCUT2D eigenvalue weighted by molar-refractivity contribution is 6.30. The average molecular weight is 452 g/mol. The van der Waals surface area contributed by atoms with E-state index in [1.54, 1.807) is 0 Å². The third-order valence-electron chi connectivity index (χ3n) is 6.16. The molecule has 2 aromatic heterocycles. The van der Waals surface area contributed by atoms with Crippen molar-refractivity contribution in [3.63, 3.8) is 0 Å². The van der Waals surface area contributed by atoms with Gasteiger partial charge in [-0.3, -0.25) is 8.97 Å². The van der Waals surface area contributed by atoms with Gasteiger partial charge in [0.15, 0.2) is 0 Å². The van der Waals surface area contributed by atoms with Crippen LogP contribution >= 0.6 is 11.6 Å². The average Bonchev–Trinajstić information content (AvgIpc) is 3.32. The molecule has 1 N–H and O–H groups in total. The molecule has 0 saturated carbocycles. The summed E-state index contributed by atoms with van der Waals surface area (Å²) in [5.74, 6) is 0.835. The van der Waals surface area contributed by atoms with E-state index in [4.69, 9.17) is 16.6 Å². The Kier molecular flexibility index (Phi) is 4.37. The van der Waals surface area contributed by atoms with Crippen LogP contribution < -0.4 is 0 Å². The summed E-state index contributed by atoms with van der Waals surface area (Å²) in [6, 6.07) is 30.4. The van der Waals surface area contributed by atoms with Crippen molar-refractivity contribution in [3.8, 4) is 16.8 Å². The number of halogens is 1. The smallest absolute Gasteiger partial charge is 0.220 e. The number of hydrogen-bond donors (Lipinski definition) is 1. The van der Waals surface area contributed by atoms with Crippen molar-refractivity contribution in [3.05, 3.63) is 102 Å². The number of para-hydroxylation sites is 2. The van der Waals surface area contributed by atoms with Gasteiger partial charge in [-0.05, 0) is 73.0 Å². The maximum absolute atomic E-state index is 10.8. The molecule has 4 aromatic carbocycles. The lowest BCUT2D eigenvalue weighted by Gasteiger charge is -2.21. The van der Waals surface area contributed by atoms with Gasteiger partial charge in [0.2, 0.25) is 5.78 Å². The first kappa shape index (κ1) is 20.0. The number of nitrogens with zero attached hydrogens (tertiary/aromatic N) is 3. The molecule has 0 radical (unpaired) electrons. The predicted molar refractivity (Wildman–Crippen MR) is 135 cm³/mol. The molecule has 0 fully saturated rings. The third kappa shape index (κ3) is 3.14. The molecule has 0 bridgehead atoms. The summed E-state index contributed by atoms with van der Waals surface area (Å²) in [7, 11) is 0. The fourth-order valence-electron chi connectivity index (χ4n) is 4.71. The Morgan fingerprint density at radius 3 is 2.39 bits per heavy atom. The van der Waals surface area contributed by atoms with Gasteiger partial charge in [-0.2, -0.15) is 0 Å². The van der Waals surface area contributed by atoms with Crippen LogP contribution in [0.2, 0.25) is 5.02 Å². The molecule has 33 heavy (non-hydrogen) atoms. The topological polar surface area (TPSA) is 42.5 Å². The molecule has 2 heterocycles. The van der Waals surface area contributed by atoms with E-state index in [0.717, 1.165) is 50.2 Å². The SMILES string of the molecule is CC(C)(O)c1ccccc1-c1ccc2c(c1)n1c3ccccc3nc1n2-c1cccc(Cl)c1. The van der Waals surface area contributed by atoms with Crippen molar-refractivity contribution < 1.29 is 5.11 Å². The van der Waals surface area contributed by atoms with Crippen molar-refractivity contribution in [2.24, 2.45) is 0 Å². The maximum atomic E-state index is 10.8. The molecular weight excluding hydrogens is 430 g/mol. The summed E-state index contributed by atoms with van der Waals surface area (Å²) >= 11 is 6.34. The molecule has 0 aliphatic heterocycles. The van der Waals surface area contributed by atoms with Gasteiger partial charge in [-0.25, -0.2) is 4.98 Å². The van der Waals surface area contributed by atoms with Gasteiger partial charge in [0, 0.05) is 5.02 Å². The fourth-order valence-corrected chi connectivity index (χ4v) is 4.89. The van der Waals surface area contributed by atoms with E-state index < -0.39 is 5.60 Å². The number of benzene rings is 4. The zero-order chi connectivity index (χ0) is 22.7. The first-order valence-corrected chi connectivity index (χ1v) is 11.3. The highest BCUT2D eigenvalue weighted by atomic mass is 35.5. The second kappa shape index (κ2) is 7.20. The first-order valence-electron chi connectivity index (χ1n) is 10.9. The molecule has 0 amide bonds. The van der Waals surface area contributed by atoms with E-state index in [9.17, 15) is 5.11 Å². The summed E-state index contributed by atoms with van der Waals surface area (Å²) in [4.78, 5) is 4.96. The Morgan fingerprint density at radius 2 is 1.58 bits per heavy atom. The van der Waals surface area contributed by atoms with Crippen molar-refractivity contribution in [2.45, 2.75) is 19.4 Å². The van der Waals surface area contributed by atoms with Crippen LogP contribution in [0.25, 0.3) is 44.7 Å². The largest absolute Gasteiger partial charge is 0.386 e. The number of imidazole rings is 2. The van der Waals surface area contributed by atoms with Crippen molar-refractivity contribution in [1.29, 1.82) is 0 Å². The maximum Gasteiger partial charge on any atom is 0.220 e. The van der Waals surface area contributed by atoms with Crippen LogP contribution in [-0.2, 0) is 5.60 Å². The van der Waals surface area contributed by atoms with Gasteiger partial charge >= 0.3 is 0 Å². The number of fused-ring (bicyclic) bond motifs is 5. The van der Waals surface area contributed by atoms with E-state index in [1.807, 2.05) is 74.5 Å². The van der Waals surface area contributed by atoms with Crippen molar-refractivity contribution in [1.82, 2.24) is 14.0 Å². The zero-order valence-corrected chi connectivity index (χ0v) is 19.1. The summed E-state index contributed by atoms with van der Waals surface area (Å²) in [6.07, 6.45) is 0. The van der Waals surface area contributed by atoms with E-state index >= 15 is 0 Å². The van der Waals surface area contributed by atoms with Crippen LogP contribution in [0.1, 0.15) is 19.4 Å². The highest BCUT2D eigenvalue weighted by Crippen LogP contribution is 2.36.